The first-order valence-electron chi connectivity index (χ1n) is 23.9. The van der Waals surface area contributed by atoms with Crippen LogP contribution in [-0.4, -0.2) is 46.9 Å². The first kappa shape index (κ1) is 52.6. The van der Waals surface area contributed by atoms with Gasteiger partial charge in [-0.05, 0) is 44.9 Å². The third-order valence-corrected chi connectivity index (χ3v) is 11.1. The molecular weight excluding hydrogens is 671 g/mol. The maximum absolute atomic E-state index is 13.1. The fraction of sp³-hybridized carbons (Fsp3) is 0.917. The SMILES string of the molecule is CCC/C=C\CCCCCC(CC(=O)NC(CO)C(O)CCCCCCCCCCCCCC)OC(=O)CCCCCCCCCCCCCCCCC. The van der Waals surface area contributed by atoms with E-state index in [1.54, 1.807) is 0 Å². The summed E-state index contributed by atoms with van der Waals surface area (Å²) in [4.78, 5) is 25.9. The molecule has 6 nitrogen and oxygen atoms in total. The highest BCUT2D eigenvalue weighted by atomic mass is 16.5. The molecule has 3 atom stereocenters. The van der Waals surface area contributed by atoms with Crippen LogP contribution in [0, 0.1) is 0 Å². The van der Waals surface area contributed by atoms with E-state index < -0.39 is 18.2 Å². The van der Waals surface area contributed by atoms with Gasteiger partial charge in [0.05, 0.1) is 25.2 Å². The Kier molecular flexibility index (Phi) is 41.6. The van der Waals surface area contributed by atoms with Gasteiger partial charge in [0.25, 0.3) is 0 Å². The van der Waals surface area contributed by atoms with Crippen molar-refractivity contribution in [3.63, 3.8) is 0 Å². The Morgan fingerprint density at radius 1 is 0.519 bits per heavy atom. The van der Waals surface area contributed by atoms with Crippen LogP contribution in [-0.2, 0) is 14.3 Å². The molecule has 0 spiro atoms. The second-order valence-corrected chi connectivity index (χ2v) is 16.5. The Labute approximate surface area is 336 Å². The van der Waals surface area contributed by atoms with Gasteiger partial charge in [-0.1, -0.05) is 213 Å². The van der Waals surface area contributed by atoms with E-state index in [2.05, 4.69) is 38.2 Å². The molecule has 0 aliphatic rings. The number of hydrogen-bond acceptors (Lipinski definition) is 5. The number of esters is 1. The maximum atomic E-state index is 13.1. The lowest BCUT2D eigenvalue weighted by Crippen LogP contribution is -2.46. The largest absolute Gasteiger partial charge is 0.462 e. The Morgan fingerprint density at radius 2 is 0.926 bits per heavy atom. The van der Waals surface area contributed by atoms with Crippen LogP contribution in [0.2, 0.25) is 0 Å². The highest BCUT2D eigenvalue weighted by molar-refractivity contribution is 5.77. The van der Waals surface area contributed by atoms with Crippen LogP contribution < -0.4 is 5.32 Å². The Balaban J connectivity index is 4.42. The Hall–Kier alpha value is -1.40. The van der Waals surface area contributed by atoms with Crippen molar-refractivity contribution >= 4 is 11.9 Å². The molecule has 0 aliphatic carbocycles. The number of aliphatic hydroxyl groups excluding tert-OH is 2. The number of nitrogens with one attached hydrogen (secondary N) is 1. The Morgan fingerprint density at radius 3 is 1.39 bits per heavy atom. The van der Waals surface area contributed by atoms with Gasteiger partial charge in [-0.15, -0.1) is 0 Å². The van der Waals surface area contributed by atoms with Crippen LogP contribution >= 0.6 is 0 Å². The van der Waals surface area contributed by atoms with Crippen LogP contribution in [0.25, 0.3) is 0 Å². The van der Waals surface area contributed by atoms with E-state index in [9.17, 15) is 19.8 Å². The van der Waals surface area contributed by atoms with Gasteiger partial charge in [0, 0.05) is 6.42 Å². The second kappa shape index (κ2) is 42.7. The highest BCUT2D eigenvalue weighted by Gasteiger charge is 2.24. The van der Waals surface area contributed by atoms with Crippen molar-refractivity contribution in [1.82, 2.24) is 5.32 Å². The molecule has 3 unspecified atom stereocenters. The molecule has 0 bridgehead atoms. The zero-order valence-corrected chi connectivity index (χ0v) is 36.4. The minimum Gasteiger partial charge on any atom is -0.462 e. The fourth-order valence-electron chi connectivity index (χ4n) is 7.43. The summed E-state index contributed by atoms with van der Waals surface area (Å²) in [7, 11) is 0. The number of carbonyl (C=O) groups excluding carboxylic acids is 2. The number of allylic oxidation sites excluding steroid dienone is 2. The molecule has 6 heteroatoms. The van der Waals surface area contributed by atoms with Gasteiger partial charge in [0.2, 0.25) is 5.91 Å². The standard InChI is InChI=1S/C48H93NO5/c1-4-7-10-13-16-19-21-23-24-25-27-29-32-35-38-41-48(53)54-44(39-36-33-30-18-15-12-9-6-3)42-47(52)49-45(43-50)46(51)40-37-34-31-28-26-22-20-17-14-11-8-5-2/h12,15,44-46,50-51H,4-11,13-14,16-43H2,1-3H3,(H,49,52)/b15-12-. The average molecular weight is 764 g/mol. The van der Waals surface area contributed by atoms with Crippen LogP contribution in [0.15, 0.2) is 12.2 Å². The zero-order chi connectivity index (χ0) is 39.6. The third-order valence-electron chi connectivity index (χ3n) is 11.1. The molecule has 0 radical (unpaired) electrons. The third kappa shape index (κ3) is 37.5. The van der Waals surface area contributed by atoms with Gasteiger partial charge >= 0.3 is 5.97 Å². The summed E-state index contributed by atoms with van der Waals surface area (Å²) in [5.74, 6) is -0.481. The van der Waals surface area contributed by atoms with Crippen LogP contribution in [0.5, 0.6) is 0 Å². The normalized spacial score (nSPS) is 13.4. The molecule has 3 N–H and O–H groups in total. The summed E-state index contributed by atoms with van der Waals surface area (Å²) in [6, 6.07) is -0.697. The van der Waals surface area contributed by atoms with Gasteiger partial charge in [0.1, 0.15) is 6.10 Å². The topological polar surface area (TPSA) is 95.9 Å². The van der Waals surface area contributed by atoms with Crippen molar-refractivity contribution in [3.05, 3.63) is 12.2 Å². The molecule has 0 aromatic rings. The Bertz CT molecular complexity index is 817. The minimum atomic E-state index is -0.783. The summed E-state index contributed by atoms with van der Waals surface area (Å²) in [5.41, 5.74) is 0. The molecule has 320 valence electrons. The van der Waals surface area contributed by atoms with Crippen molar-refractivity contribution in [3.8, 4) is 0 Å². The maximum Gasteiger partial charge on any atom is 0.306 e. The molecular formula is C48H93NO5. The summed E-state index contributed by atoms with van der Waals surface area (Å²) < 4.78 is 5.89. The zero-order valence-electron chi connectivity index (χ0n) is 36.4. The van der Waals surface area contributed by atoms with E-state index in [1.165, 1.54) is 148 Å². The predicted molar refractivity (Wildman–Crippen MR) is 232 cm³/mol. The monoisotopic (exact) mass is 764 g/mol. The van der Waals surface area contributed by atoms with E-state index in [1.807, 2.05) is 0 Å². The van der Waals surface area contributed by atoms with E-state index >= 15 is 0 Å². The van der Waals surface area contributed by atoms with Gasteiger partial charge in [0.15, 0.2) is 0 Å². The number of rotatable bonds is 43. The molecule has 0 saturated carbocycles. The lowest BCUT2D eigenvalue weighted by Gasteiger charge is -2.24. The number of amides is 1. The van der Waals surface area contributed by atoms with Crippen molar-refractivity contribution < 1.29 is 24.5 Å². The second-order valence-electron chi connectivity index (χ2n) is 16.5. The average Bonchev–Trinajstić information content (AvgIpc) is 3.16. The van der Waals surface area contributed by atoms with Crippen molar-refractivity contribution in [2.75, 3.05) is 6.61 Å². The summed E-state index contributed by atoms with van der Waals surface area (Å²) >= 11 is 0. The summed E-state index contributed by atoms with van der Waals surface area (Å²) in [6.07, 6.45) is 45.7. The molecule has 0 heterocycles. The van der Waals surface area contributed by atoms with E-state index in [0.717, 1.165) is 64.2 Å². The minimum absolute atomic E-state index is 0.0722. The van der Waals surface area contributed by atoms with Gasteiger partial charge in [-0.25, -0.2) is 0 Å². The van der Waals surface area contributed by atoms with Crippen LogP contribution in [0.3, 0.4) is 0 Å². The molecule has 0 fully saturated rings. The lowest BCUT2D eigenvalue weighted by atomic mass is 10.0. The first-order chi connectivity index (χ1) is 26.5. The quantitative estimate of drug-likeness (QED) is 0.0326. The van der Waals surface area contributed by atoms with Crippen molar-refractivity contribution in [1.29, 1.82) is 0 Å². The van der Waals surface area contributed by atoms with Crippen molar-refractivity contribution in [2.24, 2.45) is 0 Å². The number of aliphatic hydroxyl groups is 2. The highest BCUT2D eigenvalue weighted by Crippen LogP contribution is 2.18. The predicted octanol–water partition coefficient (Wildman–Crippen LogP) is 13.8. The molecule has 0 aromatic carbocycles. The van der Waals surface area contributed by atoms with E-state index in [0.29, 0.717) is 19.3 Å². The van der Waals surface area contributed by atoms with Crippen molar-refractivity contribution in [2.45, 2.75) is 277 Å². The number of hydrogen-bond donors (Lipinski definition) is 3. The first-order valence-corrected chi connectivity index (χ1v) is 23.9. The van der Waals surface area contributed by atoms with Crippen LogP contribution in [0.4, 0.5) is 0 Å². The molecule has 0 rings (SSSR count). The van der Waals surface area contributed by atoms with E-state index in [4.69, 9.17) is 4.74 Å². The summed E-state index contributed by atoms with van der Waals surface area (Å²) in [5, 5.41) is 23.6. The molecule has 0 aromatic heterocycles. The molecule has 0 aliphatic heterocycles. The molecule has 54 heavy (non-hydrogen) atoms. The molecule has 0 saturated heterocycles. The number of carbonyl (C=O) groups is 2. The van der Waals surface area contributed by atoms with Gasteiger partial charge in [-0.2, -0.15) is 0 Å². The summed E-state index contributed by atoms with van der Waals surface area (Å²) in [6.45, 7) is 6.41. The lowest BCUT2D eigenvalue weighted by molar-refractivity contribution is -0.151. The van der Waals surface area contributed by atoms with Gasteiger partial charge < -0.3 is 20.3 Å². The number of unbranched alkanes of at least 4 members (excludes halogenated alkanes) is 29. The fourth-order valence-corrected chi connectivity index (χ4v) is 7.43. The van der Waals surface area contributed by atoms with Crippen LogP contribution in [0.1, 0.15) is 258 Å². The smallest absolute Gasteiger partial charge is 0.306 e. The number of ether oxygens (including phenoxy) is 1. The molecule has 1 amide bonds. The van der Waals surface area contributed by atoms with E-state index in [-0.39, 0.29) is 24.9 Å². The van der Waals surface area contributed by atoms with Gasteiger partial charge in [-0.3, -0.25) is 9.59 Å².